The Hall–Kier alpha value is -0.0751. The van der Waals surface area contributed by atoms with Crippen molar-refractivity contribution in [2.45, 2.75) is 73.2 Å². The first-order valence-corrected chi connectivity index (χ1v) is 20.7. The van der Waals surface area contributed by atoms with E-state index >= 15 is 0 Å². The molecule has 0 spiro atoms. The van der Waals surface area contributed by atoms with Gasteiger partial charge in [0.2, 0.25) is 0 Å². The van der Waals surface area contributed by atoms with Crippen LogP contribution in [0, 0.1) is 0 Å². The molecule has 2 aliphatic heterocycles. The monoisotopic (exact) mass is 828 g/mol. The first kappa shape index (κ1) is 46.1. The van der Waals surface area contributed by atoms with E-state index in [9.17, 15) is 89.4 Å². The Morgan fingerprint density at radius 2 is 0.800 bits per heavy atom. The molecule has 12 atom stereocenters. The van der Waals surface area contributed by atoms with Gasteiger partial charge in [-0.15, -0.1) is 0 Å². The summed E-state index contributed by atoms with van der Waals surface area (Å²) in [6.07, 6.45) is -26.7. The second-order valence-electron chi connectivity index (χ2n) is 9.96. The molecular formula is C18H33Al2O27P3. The van der Waals surface area contributed by atoms with Crippen LogP contribution in [0.4, 0.5) is 0 Å². The van der Waals surface area contributed by atoms with E-state index in [-0.39, 0.29) is 18.9 Å². The third kappa shape index (κ3) is 13.0. The van der Waals surface area contributed by atoms with E-state index in [1.165, 1.54) is 0 Å². The summed E-state index contributed by atoms with van der Waals surface area (Å²) >= 11 is -7.85. The van der Waals surface area contributed by atoms with E-state index in [0.29, 0.717) is 0 Å². The third-order valence-corrected chi connectivity index (χ3v) is 17.9. The number of aldehydes is 3. The van der Waals surface area contributed by atoms with Crippen LogP contribution in [-0.4, -0.2) is 204 Å². The summed E-state index contributed by atoms with van der Waals surface area (Å²) in [5, 5.41) is 116. The van der Waals surface area contributed by atoms with Gasteiger partial charge in [0.15, 0.2) is 18.9 Å². The van der Waals surface area contributed by atoms with Gasteiger partial charge in [0.25, 0.3) is 0 Å². The Kier molecular flexibility index (Phi) is 18.4. The molecule has 2 rings (SSSR count). The molecule has 2 fully saturated rings. The molecule has 2 saturated heterocycles. The lowest BCUT2D eigenvalue weighted by molar-refractivity contribution is -0.136. The summed E-state index contributed by atoms with van der Waals surface area (Å²) in [6, 6.07) is 0. The van der Waals surface area contributed by atoms with Crippen LogP contribution in [0.2, 0.25) is 0 Å². The molecule has 0 saturated carbocycles. The van der Waals surface area contributed by atoms with Crippen LogP contribution in [0.5, 0.6) is 0 Å². The standard InChI is InChI=1S/3C6H13O9P.2Al/c3*7-1-3(8)5(10)6(11)4(9)2-15-16(12,13)14;;/h3*1,3-6,8-11H,2H2,(H2,12,13,14);;/q;;;2*+3/p-6/t3*3-,4+,5+,6+;;/m000../s1. The Bertz CT molecular complexity index is 1170. The van der Waals surface area contributed by atoms with Gasteiger partial charge in [0.05, 0.1) is 19.8 Å². The van der Waals surface area contributed by atoms with Crippen molar-refractivity contribution in [3.8, 4) is 0 Å². The third-order valence-electron chi connectivity index (χ3n) is 6.20. The highest BCUT2D eigenvalue weighted by Gasteiger charge is 2.65. The predicted octanol–water partition coefficient (Wildman–Crippen LogP) is -7.62. The van der Waals surface area contributed by atoms with Gasteiger partial charge >= 0.3 is 53.8 Å². The highest BCUT2D eigenvalue weighted by atomic mass is 31.2. The van der Waals surface area contributed by atoms with Gasteiger partial charge in [-0.3, -0.25) is 13.6 Å². The van der Waals surface area contributed by atoms with Gasteiger partial charge in [-0.05, 0) is 0 Å². The summed E-state index contributed by atoms with van der Waals surface area (Å²) in [4.78, 5) is 31.7. The zero-order chi connectivity index (χ0) is 38.2. The van der Waals surface area contributed by atoms with Crippen molar-refractivity contribution >= 4 is 72.6 Å². The van der Waals surface area contributed by atoms with Crippen molar-refractivity contribution in [2.24, 2.45) is 0 Å². The molecule has 0 aromatic heterocycles. The SMILES string of the molecule is O=C[C@H](O)[C@@H](O)[C@H](O)[C@H](O)COP1(=O)[O][Al]([O]P(=O)(OC[C@@H](O)[C@@H](O)[C@H](O)[C@@H](O)C=O)[O][Al]2[O]P(=O)(OC[C@@H](O)[C@@H](O)[C@H](O)[C@@H](O)C=O)[O]2)[O]1. The average Bonchev–Trinajstić information content (AvgIpc) is 3.07. The summed E-state index contributed by atoms with van der Waals surface area (Å²) in [5.41, 5.74) is 0. The maximum atomic E-state index is 13.3. The van der Waals surface area contributed by atoms with Crippen LogP contribution >= 0.6 is 23.5 Å². The normalized spacial score (nSPS) is 25.4. The maximum absolute atomic E-state index is 13.3. The molecule has 2 heterocycles. The molecule has 0 radical (unpaired) electrons. The lowest BCUT2D eigenvalue weighted by atomic mass is 10.0. The topological polar surface area (TPSA) is 428 Å². The van der Waals surface area contributed by atoms with Crippen LogP contribution < -0.4 is 0 Å². The fourth-order valence-electron chi connectivity index (χ4n) is 3.26. The van der Waals surface area contributed by atoms with Crippen LogP contribution in [0.25, 0.3) is 0 Å². The van der Waals surface area contributed by atoms with Crippen LogP contribution in [0.1, 0.15) is 0 Å². The molecule has 0 unspecified atom stereocenters. The Morgan fingerprint density at radius 1 is 0.520 bits per heavy atom. The molecule has 12 N–H and O–H groups in total. The minimum atomic E-state index is -5.27. The van der Waals surface area contributed by atoms with Crippen LogP contribution in [0.3, 0.4) is 0 Å². The molecular weight excluding hydrogens is 795 g/mol. The molecule has 32 heteroatoms. The van der Waals surface area contributed by atoms with Crippen molar-refractivity contribution in [2.75, 3.05) is 19.8 Å². The second-order valence-corrected chi connectivity index (χ2v) is 19.6. The Balaban J connectivity index is 2.03. The largest absolute Gasteiger partial charge is 0.931 e. The Labute approximate surface area is 289 Å². The van der Waals surface area contributed by atoms with Crippen LogP contribution in [-0.2, 0) is 63.1 Å². The first-order chi connectivity index (χ1) is 23.1. The summed E-state index contributed by atoms with van der Waals surface area (Å²) < 4.78 is 81.2. The zero-order valence-corrected chi connectivity index (χ0v) is 29.8. The smallest absolute Gasteiger partial charge is 0.388 e. The summed E-state index contributed by atoms with van der Waals surface area (Å²) in [7, 11) is -14.5. The lowest BCUT2D eigenvalue weighted by Crippen LogP contribution is -2.47. The molecule has 0 aliphatic carbocycles. The quantitative estimate of drug-likeness (QED) is 0.0231. The fraction of sp³-hybridized carbons (Fsp3) is 0.833. The van der Waals surface area contributed by atoms with Gasteiger partial charge < -0.3 is 97.1 Å². The van der Waals surface area contributed by atoms with E-state index in [4.69, 9.17) is 26.0 Å². The van der Waals surface area contributed by atoms with Crippen LogP contribution in [0.15, 0.2) is 0 Å². The second kappa shape index (κ2) is 20.0. The van der Waals surface area contributed by atoms with Crippen molar-refractivity contribution in [1.82, 2.24) is 0 Å². The molecule has 2 aliphatic rings. The minimum Gasteiger partial charge on any atom is -0.388 e. The number of hydrogen-bond donors (Lipinski definition) is 12. The highest BCUT2D eigenvalue weighted by Crippen LogP contribution is 2.66. The van der Waals surface area contributed by atoms with Crippen molar-refractivity contribution in [1.29, 1.82) is 0 Å². The van der Waals surface area contributed by atoms with Crippen molar-refractivity contribution < 1.29 is 124 Å². The molecule has 0 aromatic rings. The van der Waals surface area contributed by atoms with E-state index in [0.717, 1.165) is 0 Å². The minimum absolute atomic E-state index is 0.156. The zero-order valence-electron chi connectivity index (χ0n) is 24.8. The summed E-state index contributed by atoms with van der Waals surface area (Å²) in [5.74, 6) is 0. The number of carbonyl (C=O) groups is 3. The number of aliphatic hydroxyl groups excluding tert-OH is 12. The van der Waals surface area contributed by atoms with Gasteiger partial charge in [-0.1, -0.05) is 0 Å². The van der Waals surface area contributed by atoms with E-state index in [1.807, 2.05) is 0 Å². The number of phosphoric acid groups is 3. The highest BCUT2D eigenvalue weighted by molar-refractivity contribution is 7.57. The first-order valence-electron chi connectivity index (χ1n) is 13.5. The Morgan fingerprint density at radius 3 is 1.08 bits per heavy atom. The fourth-order valence-corrected chi connectivity index (χ4v) is 13.6. The molecule has 0 aromatic carbocycles. The molecule has 50 heavy (non-hydrogen) atoms. The molecule has 288 valence electrons. The van der Waals surface area contributed by atoms with Gasteiger partial charge in [0.1, 0.15) is 73.2 Å². The van der Waals surface area contributed by atoms with Gasteiger partial charge in [0, 0.05) is 0 Å². The average molecular weight is 828 g/mol. The molecule has 0 bridgehead atoms. The van der Waals surface area contributed by atoms with Crippen molar-refractivity contribution in [3.63, 3.8) is 0 Å². The number of carbonyl (C=O) groups excluding carboxylic acids is 3. The van der Waals surface area contributed by atoms with E-state index < -0.39 is 147 Å². The number of aliphatic hydroxyl groups is 12. The van der Waals surface area contributed by atoms with Gasteiger partial charge in [-0.25, -0.2) is 13.7 Å². The number of hydrogen-bond acceptors (Lipinski definition) is 27. The molecule has 0 amide bonds. The number of rotatable bonds is 25. The van der Waals surface area contributed by atoms with Gasteiger partial charge in [-0.2, -0.15) is 0 Å². The summed E-state index contributed by atoms with van der Waals surface area (Å²) in [6.45, 7) is -3.52. The van der Waals surface area contributed by atoms with E-state index in [2.05, 4.69) is 9.05 Å². The predicted molar refractivity (Wildman–Crippen MR) is 149 cm³/mol. The maximum Gasteiger partial charge on any atom is 0.931 e. The van der Waals surface area contributed by atoms with Crippen molar-refractivity contribution in [3.05, 3.63) is 0 Å². The lowest BCUT2D eigenvalue weighted by Gasteiger charge is -2.36. The van der Waals surface area contributed by atoms with E-state index in [1.54, 1.807) is 0 Å². The molecule has 27 nitrogen and oxygen atoms in total.